The fraction of sp³-hybridized carbons (Fsp3) is 0.562. The van der Waals surface area contributed by atoms with Gasteiger partial charge in [-0.05, 0) is 48.8 Å². The molecule has 116 valence electrons. The van der Waals surface area contributed by atoms with Crippen LogP contribution >= 0.6 is 11.8 Å². The van der Waals surface area contributed by atoms with Gasteiger partial charge < -0.3 is 10.1 Å². The lowest BCUT2D eigenvalue weighted by Crippen LogP contribution is -2.35. The standard InChI is InChI=1S/C16H24N2O2S/c1-4-20-15(19)18-13-7-5-12(6-8-13)17-14-9-16(2,3)11-21-10-14/h5-8,14,17H,4,9-11H2,1-3H3,(H,18,19). The van der Waals surface area contributed by atoms with Crippen LogP contribution in [0.2, 0.25) is 0 Å². The summed E-state index contributed by atoms with van der Waals surface area (Å²) < 4.78 is 4.85. The second-order valence-corrected chi connectivity index (χ2v) is 7.18. The normalized spacial score (nSPS) is 20.6. The summed E-state index contributed by atoms with van der Waals surface area (Å²) in [6, 6.07) is 8.27. The van der Waals surface area contributed by atoms with Gasteiger partial charge in [0.2, 0.25) is 0 Å². The van der Waals surface area contributed by atoms with Gasteiger partial charge in [-0.2, -0.15) is 11.8 Å². The summed E-state index contributed by atoms with van der Waals surface area (Å²) in [6.07, 6.45) is 0.770. The summed E-state index contributed by atoms with van der Waals surface area (Å²) in [7, 11) is 0. The summed E-state index contributed by atoms with van der Waals surface area (Å²) in [5.74, 6) is 2.37. The highest BCUT2D eigenvalue weighted by atomic mass is 32.2. The Labute approximate surface area is 131 Å². The zero-order valence-electron chi connectivity index (χ0n) is 12.9. The fourth-order valence-corrected chi connectivity index (χ4v) is 3.80. The molecular formula is C16H24N2O2S. The van der Waals surface area contributed by atoms with Gasteiger partial charge in [0.25, 0.3) is 0 Å². The Morgan fingerprint density at radius 1 is 1.33 bits per heavy atom. The molecule has 0 radical (unpaired) electrons. The van der Waals surface area contributed by atoms with E-state index < -0.39 is 6.09 Å². The molecule has 1 aliphatic rings. The highest BCUT2D eigenvalue weighted by molar-refractivity contribution is 7.99. The molecule has 21 heavy (non-hydrogen) atoms. The second-order valence-electron chi connectivity index (χ2n) is 6.15. The zero-order chi connectivity index (χ0) is 15.3. The Morgan fingerprint density at radius 2 is 2.00 bits per heavy atom. The quantitative estimate of drug-likeness (QED) is 0.875. The molecule has 1 saturated heterocycles. The number of rotatable bonds is 4. The summed E-state index contributed by atoms with van der Waals surface area (Å²) in [5.41, 5.74) is 2.23. The van der Waals surface area contributed by atoms with Crippen LogP contribution in [0, 0.1) is 5.41 Å². The predicted molar refractivity (Wildman–Crippen MR) is 90.2 cm³/mol. The maximum Gasteiger partial charge on any atom is 0.411 e. The first kappa shape index (κ1) is 16.0. The highest BCUT2D eigenvalue weighted by Gasteiger charge is 2.28. The average Bonchev–Trinajstić information content (AvgIpc) is 2.40. The number of carbonyl (C=O) groups excluding carboxylic acids is 1. The SMILES string of the molecule is CCOC(=O)Nc1ccc(NC2CSCC(C)(C)C2)cc1. The van der Waals surface area contributed by atoms with Crippen molar-refractivity contribution in [1.82, 2.24) is 0 Å². The van der Waals surface area contributed by atoms with Gasteiger partial charge >= 0.3 is 6.09 Å². The van der Waals surface area contributed by atoms with Crippen LogP contribution in [-0.4, -0.2) is 30.2 Å². The summed E-state index contributed by atoms with van der Waals surface area (Å²) in [4.78, 5) is 11.3. The van der Waals surface area contributed by atoms with Gasteiger partial charge in [-0.25, -0.2) is 4.79 Å². The molecule has 0 bridgehead atoms. The number of thioether (sulfide) groups is 1. The van der Waals surface area contributed by atoms with E-state index in [9.17, 15) is 4.79 Å². The van der Waals surface area contributed by atoms with Crippen LogP contribution in [-0.2, 0) is 4.74 Å². The van der Waals surface area contributed by atoms with Crippen molar-refractivity contribution in [2.45, 2.75) is 33.2 Å². The van der Waals surface area contributed by atoms with E-state index in [2.05, 4.69) is 24.5 Å². The van der Waals surface area contributed by atoms with Crippen molar-refractivity contribution < 1.29 is 9.53 Å². The minimum atomic E-state index is -0.413. The number of benzene rings is 1. The number of carbonyl (C=O) groups is 1. The predicted octanol–water partition coefficient (Wildman–Crippen LogP) is 4.20. The van der Waals surface area contributed by atoms with Crippen LogP contribution < -0.4 is 10.6 Å². The van der Waals surface area contributed by atoms with Crippen molar-refractivity contribution in [3.63, 3.8) is 0 Å². The first-order chi connectivity index (χ1) is 9.98. The van der Waals surface area contributed by atoms with E-state index in [-0.39, 0.29) is 0 Å². The smallest absolute Gasteiger partial charge is 0.411 e. The fourth-order valence-electron chi connectivity index (χ4n) is 2.53. The number of amides is 1. The van der Waals surface area contributed by atoms with Crippen LogP contribution in [0.3, 0.4) is 0 Å². The lowest BCUT2D eigenvalue weighted by molar-refractivity contribution is 0.168. The number of hydrogen-bond acceptors (Lipinski definition) is 4. The molecule has 0 saturated carbocycles. The molecule has 1 heterocycles. The van der Waals surface area contributed by atoms with E-state index in [4.69, 9.17) is 4.74 Å². The lowest BCUT2D eigenvalue weighted by atomic mass is 9.88. The van der Waals surface area contributed by atoms with Gasteiger partial charge in [0, 0.05) is 23.2 Å². The van der Waals surface area contributed by atoms with Crippen molar-refractivity contribution in [2.75, 3.05) is 28.7 Å². The Bertz CT molecular complexity index is 474. The third-order valence-corrected chi connectivity index (χ3v) is 5.01. The highest BCUT2D eigenvalue weighted by Crippen LogP contribution is 2.34. The van der Waals surface area contributed by atoms with Crippen LogP contribution in [0.5, 0.6) is 0 Å². The van der Waals surface area contributed by atoms with Gasteiger partial charge in [-0.3, -0.25) is 5.32 Å². The maximum absolute atomic E-state index is 11.3. The topological polar surface area (TPSA) is 50.4 Å². The van der Waals surface area contributed by atoms with Crippen molar-refractivity contribution in [2.24, 2.45) is 5.41 Å². The van der Waals surface area contributed by atoms with E-state index in [0.717, 1.165) is 17.1 Å². The van der Waals surface area contributed by atoms with Gasteiger partial charge in [0.15, 0.2) is 0 Å². The number of nitrogens with one attached hydrogen (secondary N) is 2. The van der Waals surface area contributed by atoms with Crippen LogP contribution in [0.25, 0.3) is 0 Å². The van der Waals surface area contributed by atoms with E-state index in [1.54, 1.807) is 6.92 Å². The van der Waals surface area contributed by atoms with Crippen molar-refractivity contribution in [3.8, 4) is 0 Å². The van der Waals surface area contributed by atoms with Crippen LogP contribution in [0.1, 0.15) is 27.2 Å². The Balaban J connectivity index is 1.89. The molecule has 1 unspecified atom stereocenters. The van der Waals surface area contributed by atoms with Gasteiger partial charge in [0.05, 0.1) is 6.61 Å². The molecule has 2 rings (SSSR count). The van der Waals surface area contributed by atoms with Crippen molar-refractivity contribution >= 4 is 29.2 Å². The maximum atomic E-state index is 11.3. The van der Waals surface area contributed by atoms with Crippen molar-refractivity contribution in [1.29, 1.82) is 0 Å². The van der Waals surface area contributed by atoms with E-state index in [1.165, 1.54) is 12.2 Å². The van der Waals surface area contributed by atoms with Crippen LogP contribution in [0.4, 0.5) is 16.2 Å². The number of hydrogen-bond donors (Lipinski definition) is 2. The Morgan fingerprint density at radius 3 is 2.62 bits per heavy atom. The van der Waals surface area contributed by atoms with Crippen LogP contribution in [0.15, 0.2) is 24.3 Å². The molecule has 1 aliphatic heterocycles. The molecular weight excluding hydrogens is 284 g/mol. The van der Waals surface area contributed by atoms with E-state index >= 15 is 0 Å². The number of ether oxygens (including phenoxy) is 1. The first-order valence-electron chi connectivity index (χ1n) is 7.37. The average molecular weight is 308 g/mol. The molecule has 2 N–H and O–H groups in total. The van der Waals surface area contributed by atoms with E-state index in [0.29, 0.717) is 18.1 Å². The zero-order valence-corrected chi connectivity index (χ0v) is 13.8. The second kappa shape index (κ2) is 7.07. The summed E-state index contributed by atoms with van der Waals surface area (Å²) in [5, 5.41) is 6.27. The van der Waals surface area contributed by atoms with Gasteiger partial charge in [-0.1, -0.05) is 13.8 Å². The minimum absolute atomic E-state index is 0.376. The third kappa shape index (κ3) is 5.16. The summed E-state index contributed by atoms with van der Waals surface area (Å²) in [6.45, 7) is 6.80. The first-order valence-corrected chi connectivity index (χ1v) is 8.52. The molecule has 4 nitrogen and oxygen atoms in total. The number of anilines is 2. The Hall–Kier alpha value is -1.36. The molecule has 0 spiro atoms. The molecule has 1 aromatic carbocycles. The molecule has 0 aliphatic carbocycles. The molecule has 1 atom stereocenters. The minimum Gasteiger partial charge on any atom is -0.450 e. The van der Waals surface area contributed by atoms with Crippen molar-refractivity contribution in [3.05, 3.63) is 24.3 Å². The molecule has 0 aromatic heterocycles. The van der Waals surface area contributed by atoms with Gasteiger partial charge in [0.1, 0.15) is 0 Å². The van der Waals surface area contributed by atoms with Gasteiger partial charge in [-0.15, -0.1) is 0 Å². The molecule has 1 amide bonds. The molecule has 1 fully saturated rings. The molecule has 1 aromatic rings. The monoisotopic (exact) mass is 308 g/mol. The summed E-state index contributed by atoms with van der Waals surface area (Å²) >= 11 is 2.01. The molecule has 5 heteroatoms. The Kier molecular flexibility index (Phi) is 5.39. The third-order valence-electron chi connectivity index (χ3n) is 3.39. The lowest BCUT2D eigenvalue weighted by Gasteiger charge is -2.35. The largest absolute Gasteiger partial charge is 0.450 e. The van der Waals surface area contributed by atoms with E-state index in [1.807, 2.05) is 36.0 Å².